The molecule has 142 valence electrons. The maximum Gasteiger partial charge on any atom is 0.348 e. The number of esters is 2. The van der Waals surface area contributed by atoms with Crippen LogP contribution in [0.4, 0.5) is 0 Å². The maximum absolute atomic E-state index is 12.9. The fourth-order valence-electron chi connectivity index (χ4n) is 3.31. The lowest BCUT2D eigenvalue weighted by molar-refractivity contribution is -0.159. The van der Waals surface area contributed by atoms with Crippen molar-refractivity contribution in [2.24, 2.45) is 5.41 Å². The molecule has 0 unspecified atom stereocenters. The van der Waals surface area contributed by atoms with E-state index in [0.717, 1.165) is 29.2 Å². The number of hydrogen-bond acceptors (Lipinski definition) is 4. The number of hydrogen-bond donors (Lipinski definition) is 0. The van der Waals surface area contributed by atoms with Crippen LogP contribution in [0.3, 0.4) is 0 Å². The van der Waals surface area contributed by atoms with Gasteiger partial charge in [0.25, 0.3) is 0 Å². The second kappa shape index (κ2) is 7.47. The van der Waals surface area contributed by atoms with Crippen molar-refractivity contribution in [3.8, 4) is 0 Å². The van der Waals surface area contributed by atoms with Crippen molar-refractivity contribution in [1.29, 1.82) is 0 Å². The van der Waals surface area contributed by atoms with E-state index in [2.05, 4.69) is 0 Å². The summed E-state index contributed by atoms with van der Waals surface area (Å²) < 4.78 is 11.2. The van der Waals surface area contributed by atoms with E-state index in [4.69, 9.17) is 9.47 Å². The molecule has 0 aromatic heterocycles. The third-order valence-electron chi connectivity index (χ3n) is 5.34. The highest BCUT2D eigenvalue weighted by atomic mass is 16.6. The van der Waals surface area contributed by atoms with Crippen LogP contribution in [-0.4, -0.2) is 18.0 Å². The summed E-state index contributed by atoms with van der Waals surface area (Å²) in [7, 11) is 0. The average Bonchev–Trinajstić information content (AvgIpc) is 3.48. The van der Waals surface area contributed by atoms with Crippen LogP contribution in [0.2, 0.25) is 0 Å². The predicted molar refractivity (Wildman–Crippen MR) is 107 cm³/mol. The molecule has 1 saturated carbocycles. The highest BCUT2D eigenvalue weighted by molar-refractivity contribution is 6.05. The smallest absolute Gasteiger partial charge is 0.348 e. The van der Waals surface area contributed by atoms with Gasteiger partial charge in [-0.25, -0.2) is 9.59 Å². The van der Waals surface area contributed by atoms with Gasteiger partial charge in [-0.15, -0.1) is 0 Å². The first-order valence-electron chi connectivity index (χ1n) is 9.46. The normalized spacial score (nSPS) is 15.6. The summed E-state index contributed by atoms with van der Waals surface area (Å²) in [4.78, 5) is 25.6. The summed E-state index contributed by atoms with van der Waals surface area (Å²) in [6, 6.07) is 22.6. The van der Waals surface area contributed by atoms with Gasteiger partial charge in [-0.3, -0.25) is 0 Å². The second-order valence-corrected chi connectivity index (χ2v) is 7.56. The van der Waals surface area contributed by atoms with Crippen LogP contribution in [0.1, 0.15) is 35.7 Å². The topological polar surface area (TPSA) is 52.6 Å². The molecule has 0 saturated heterocycles. The van der Waals surface area contributed by atoms with Crippen LogP contribution in [-0.2, 0) is 20.9 Å². The molecule has 0 radical (unpaired) electrons. The van der Waals surface area contributed by atoms with Crippen molar-refractivity contribution < 1.29 is 19.1 Å². The summed E-state index contributed by atoms with van der Waals surface area (Å²) in [6.45, 7) is 2.12. The van der Waals surface area contributed by atoms with E-state index in [0.29, 0.717) is 5.56 Å². The number of rotatable bonds is 6. The Morgan fingerprint density at radius 2 is 1.61 bits per heavy atom. The number of carbonyl (C=O) groups excluding carboxylic acids is 2. The monoisotopic (exact) mass is 374 g/mol. The van der Waals surface area contributed by atoms with Crippen molar-refractivity contribution in [2.75, 3.05) is 0 Å². The minimum Gasteiger partial charge on any atom is -0.458 e. The van der Waals surface area contributed by atoms with Crippen LogP contribution < -0.4 is 0 Å². The van der Waals surface area contributed by atoms with Crippen LogP contribution in [0.5, 0.6) is 0 Å². The molecular formula is C24H22O4. The highest BCUT2D eigenvalue weighted by Crippen LogP contribution is 2.50. The number of ether oxygens (including phenoxy) is 2. The molecule has 28 heavy (non-hydrogen) atoms. The van der Waals surface area contributed by atoms with Crippen LogP contribution in [0.15, 0.2) is 72.8 Å². The molecule has 0 bridgehead atoms. The largest absolute Gasteiger partial charge is 0.458 e. The van der Waals surface area contributed by atoms with E-state index < -0.39 is 18.0 Å². The van der Waals surface area contributed by atoms with Crippen LogP contribution in [0, 0.1) is 5.41 Å². The zero-order valence-electron chi connectivity index (χ0n) is 15.8. The molecule has 1 aliphatic carbocycles. The lowest BCUT2D eigenvalue weighted by Crippen LogP contribution is -2.36. The quantitative estimate of drug-likeness (QED) is 0.575. The van der Waals surface area contributed by atoms with E-state index in [9.17, 15) is 9.59 Å². The Balaban J connectivity index is 1.52. The lowest BCUT2D eigenvalue weighted by atomic mass is 10.0. The fourth-order valence-corrected chi connectivity index (χ4v) is 3.31. The molecule has 0 N–H and O–H groups in total. The molecule has 1 aliphatic rings. The fraction of sp³-hybridized carbons (Fsp3) is 0.250. The second-order valence-electron chi connectivity index (χ2n) is 7.56. The molecule has 1 atom stereocenters. The molecule has 3 aromatic carbocycles. The summed E-state index contributed by atoms with van der Waals surface area (Å²) >= 11 is 0. The van der Waals surface area contributed by atoms with Crippen molar-refractivity contribution in [2.45, 2.75) is 32.5 Å². The van der Waals surface area contributed by atoms with E-state index >= 15 is 0 Å². The van der Waals surface area contributed by atoms with Crippen molar-refractivity contribution >= 4 is 22.7 Å². The minimum atomic E-state index is -0.900. The summed E-state index contributed by atoms with van der Waals surface area (Å²) in [5.41, 5.74) is 1.01. The van der Waals surface area contributed by atoms with Gasteiger partial charge in [0.05, 0.1) is 5.56 Å². The summed E-state index contributed by atoms with van der Waals surface area (Å²) in [5.74, 6) is -0.982. The molecule has 4 rings (SSSR count). The van der Waals surface area contributed by atoms with Gasteiger partial charge in [0.15, 0.2) is 0 Å². The van der Waals surface area contributed by atoms with E-state index in [1.165, 1.54) is 0 Å². The van der Waals surface area contributed by atoms with Crippen molar-refractivity contribution in [3.63, 3.8) is 0 Å². The van der Waals surface area contributed by atoms with Gasteiger partial charge in [-0.05, 0) is 35.2 Å². The first-order valence-corrected chi connectivity index (χ1v) is 9.46. The minimum absolute atomic E-state index is 0.165. The van der Waals surface area contributed by atoms with Gasteiger partial charge in [-0.1, -0.05) is 73.7 Å². The Morgan fingerprint density at radius 1 is 0.929 bits per heavy atom. The molecule has 0 spiro atoms. The highest BCUT2D eigenvalue weighted by Gasteiger charge is 2.52. The zero-order chi connectivity index (χ0) is 19.6. The van der Waals surface area contributed by atoms with Gasteiger partial charge in [-0.2, -0.15) is 0 Å². The van der Waals surface area contributed by atoms with Crippen molar-refractivity contribution in [1.82, 2.24) is 0 Å². The molecular weight excluding hydrogens is 352 g/mol. The molecule has 4 heteroatoms. The first-order chi connectivity index (χ1) is 13.6. The van der Waals surface area contributed by atoms with Crippen LogP contribution in [0.25, 0.3) is 10.8 Å². The predicted octanol–water partition coefficient (Wildman–Crippen LogP) is 4.91. The van der Waals surface area contributed by atoms with E-state index in [1.807, 2.05) is 73.7 Å². The average molecular weight is 374 g/mol. The molecule has 0 heterocycles. The third-order valence-corrected chi connectivity index (χ3v) is 5.34. The van der Waals surface area contributed by atoms with Crippen molar-refractivity contribution in [3.05, 3.63) is 83.9 Å². The Labute approximate surface area is 164 Å². The van der Waals surface area contributed by atoms with Gasteiger partial charge in [0.2, 0.25) is 6.10 Å². The van der Waals surface area contributed by atoms with E-state index in [1.54, 1.807) is 6.07 Å². The maximum atomic E-state index is 12.9. The third kappa shape index (κ3) is 3.77. The van der Waals surface area contributed by atoms with Gasteiger partial charge >= 0.3 is 11.9 Å². The molecule has 4 nitrogen and oxygen atoms in total. The molecule has 0 aliphatic heterocycles. The number of fused-ring (bicyclic) bond motifs is 1. The Morgan fingerprint density at radius 3 is 2.36 bits per heavy atom. The van der Waals surface area contributed by atoms with E-state index in [-0.39, 0.29) is 12.0 Å². The molecule has 0 amide bonds. The van der Waals surface area contributed by atoms with Gasteiger partial charge < -0.3 is 9.47 Å². The molecule has 3 aromatic rings. The standard InChI is InChI=1S/C24H22O4/c1-24(14-15-24)21(23(26)27-16-17-8-3-2-4-9-17)28-22(25)20-13-7-11-18-10-5-6-12-19(18)20/h2-13,21H,14-16H2,1H3/t21-/m1/s1. The SMILES string of the molecule is CC1([C@H](OC(=O)c2cccc3ccccc23)C(=O)OCc2ccccc2)CC1. The molecule has 1 fully saturated rings. The lowest BCUT2D eigenvalue weighted by Gasteiger charge is -2.22. The number of carbonyl (C=O) groups is 2. The summed E-state index contributed by atoms with van der Waals surface area (Å²) in [5, 5.41) is 1.77. The number of benzene rings is 3. The van der Waals surface area contributed by atoms with Gasteiger partial charge in [0.1, 0.15) is 6.61 Å². The van der Waals surface area contributed by atoms with Gasteiger partial charge in [0, 0.05) is 5.41 Å². The Bertz CT molecular complexity index is 1000. The zero-order valence-corrected chi connectivity index (χ0v) is 15.8. The first kappa shape index (κ1) is 18.2. The van der Waals surface area contributed by atoms with Crippen LogP contribution >= 0.6 is 0 Å². The Hall–Kier alpha value is -3.14. The Kier molecular flexibility index (Phi) is 4.86. The summed E-state index contributed by atoms with van der Waals surface area (Å²) in [6.07, 6.45) is 0.768.